The van der Waals surface area contributed by atoms with Crippen molar-refractivity contribution in [3.05, 3.63) is 95.6 Å². The lowest BCUT2D eigenvalue weighted by atomic mass is 9.82. The number of aliphatic hydroxyl groups excluding tert-OH is 1. The van der Waals surface area contributed by atoms with Crippen LogP contribution >= 0.6 is 0 Å². The number of carbonyl (C=O) groups excluding carboxylic acids is 3. The molecule has 3 heterocycles. The second-order valence-corrected chi connectivity index (χ2v) is 10.7. The van der Waals surface area contributed by atoms with Crippen LogP contribution in [0.5, 0.6) is 5.75 Å². The number of carbonyl (C=O) groups is 3. The molecule has 0 unspecified atom stereocenters. The number of para-hydroxylation sites is 2. The van der Waals surface area contributed by atoms with Crippen LogP contribution in [0.2, 0.25) is 0 Å². The van der Waals surface area contributed by atoms with Gasteiger partial charge in [0.05, 0.1) is 18.3 Å². The molecule has 0 saturated heterocycles. The minimum Gasteiger partial charge on any atom is -0.482 e. The Balaban J connectivity index is 1.22. The van der Waals surface area contributed by atoms with Gasteiger partial charge in [-0.3, -0.25) is 19.3 Å². The smallest absolute Gasteiger partial charge is 0.269 e. The first-order chi connectivity index (χ1) is 19.8. The van der Waals surface area contributed by atoms with Crippen LogP contribution in [0, 0.1) is 5.92 Å². The molecule has 3 amide bonds. The van der Waals surface area contributed by atoms with Crippen LogP contribution in [-0.2, 0) is 33.0 Å². The third kappa shape index (κ3) is 4.57. The lowest BCUT2D eigenvalue weighted by Gasteiger charge is -2.36. The molecule has 9 heteroatoms. The summed E-state index contributed by atoms with van der Waals surface area (Å²) in [5.41, 5.74) is 2.20. The fraction of sp³-hybridized carbons (Fsp3) is 0.281. The molecule has 9 nitrogen and oxygen atoms in total. The van der Waals surface area contributed by atoms with Crippen LogP contribution in [-0.4, -0.2) is 52.1 Å². The average molecular weight is 554 g/mol. The minimum absolute atomic E-state index is 0.0622. The third-order valence-corrected chi connectivity index (χ3v) is 8.24. The second-order valence-electron chi connectivity index (χ2n) is 10.7. The van der Waals surface area contributed by atoms with E-state index in [2.05, 4.69) is 5.32 Å². The van der Waals surface area contributed by atoms with E-state index < -0.39 is 17.4 Å². The number of hydrogen-bond donors (Lipinski definition) is 3. The maximum absolute atomic E-state index is 13.1. The van der Waals surface area contributed by atoms with Gasteiger partial charge in [0.1, 0.15) is 5.75 Å². The molecule has 0 aromatic heterocycles. The summed E-state index contributed by atoms with van der Waals surface area (Å²) in [7, 11) is 0. The van der Waals surface area contributed by atoms with Gasteiger partial charge in [0.25, 0.3) is 11.8 Å². The Morgan fingerprint density at radius 1 is 1.12 bits per heavy atom. The molecular weight excluding hydrogens is 522 g/mol. The number of amides is 3. The zero-order valence-electron chi connectivity index (χ0n) is 22.6. The van der Waals surface area contributed by atoms with E-state index in [-0.39, 0.29) is 37.5 Å². The molecule has 41 heavy (non-hydrogen) atoms. The number of anilines is 3. The minimum atomic E-state index is -1.91. The second kappa shape index (κ2) is 10.5. The molecule has 210 valence electrons. The normalized spacial score (nSPS) is 22.1. The Bertz CT molecular complexity index is 1570. The van der Waals surface area contributed by atoms with Gasteiger partial charge in [-0.1, -0.05) is 55.5 Å². The van der Waals surface area contributed by atoms with Gasteiger partial charge in [-0.2, -0.15) is 0 Å². The van der Waals surface area contributed by atoms with E-state index in [1.807, 2.05) is 36.4 Å². The van der Waals surface area contributed by atoms with E-state index in [9.17, 15) is 24.6 Å². The van der Waals surface area contributed by atoms with Crippen molar-refractivity contribution in [2.45, 2.75) is 38.0 Å². The summed E-state index contributed by atoms with van der Waals surface area (Å²) in [5.74, 6) is -1.10. The number of fused-ring (bicyclic) bond motifs is 3. The summed E-state index contributed by atoms with van der Waals surface area (Å²) in [6.45, 7) is 1.89. The first-order valence-corrected chi connectivity index (χ1v) is 13.7. The highest BCUT2D eigenvalue weighted by molar-refractivity contribution is 6.08. The van der Waals surface area contributed by atoms with Crippen molar-refractivity contribution >= 4 is 34.8 Å². The highest BCUT2D eigenvalue weighted by atomic mass is 16.5. The summed E-state index contributed by atoms with van der Waals surface area (Å²) in [6, 6.07) is 19.8. The number of nitrogens with one attached hydrogen (secondary N) is 1. The van der Waals surface area contributed by atoms with E-state index in [4.69, 9.17) is 4.74 Å². The number of ether oxygens (including phenoxy) is 1. The van der Waals surface area contributed by atoms with Crippen molar-refractivity contribution in [1.82, 2.24) is 4.90 Å². The molecule has 3 aromatic carbocycles. The van der Waals surface area contributed by atoms with Crippen LogP contribution in [0.3, 0.4) is 0 Å². The average Bonchev–Trinajstić information content (AvgIpc) is 3.25. The maximum Gasteiger partial charge on any atom is 0.269 e. The Kier molecular flexibility index (Phi) is 6.84. The first-order valence-electron chi connectivity index (χ1n) is 13.7. The predicted molar refractivity (Wildman–Crippen MR) is 153 cm³/mol. The van der Waals surface area contributed by atoms with Crippen molar-refractivity contribution in [2.24, 2.45) is 5.92 Å². The lowest BCUT2D eigenvalue weighted by Crippen LogP contribution is -2.46. The topological polar surface area (TPSA) is 119 Å². The van der Waals surface area contributed by atoms with Crippen LogP contribution in [0.4, 0.5) is 17.1 Å². The van der Waals surface area contributed by atoms with Gasteiger partial charge in [0, 0.05) is 35.8 Å². The molecule has 6 rings (SSSR count). The Morgan fingerprint density at radius 2 is 1.88 bits per heavy atom. The van der Waals surface area contributed by atoms with Crippen molar-refractivity contribution in [3.8, 4) is 5.75 Å². The van der Waals surface area contributed by atoms with Gasteiger partial charge in [0.2, 0.25) is 5.91 Å². The van der Waals surface area contributed by atoms with E-state index in [0.717, 1.165) is 11.1 Å². The van der Waals surface area contributed by atoms with Crippen LogP contribution in [0.15, 0.2) is 78.9 Å². The summed E-state index contributed by atoms with van der Waals surface area (Å²) in [4.78, 5) is 42.3. The molecule has 3 aliphatic heterocycles. The Hall–Kier alpha value is -4.47. The van der Waals surface area contributed by atoms with Gasteiger partial charge in [0.15, 0.2) is 12.2 Å². The van der Waals surface area contributed by atoms with Gasteiger partial charge in [-0.15, -0.1) is 0 Å². The lowest BCUT2D eigenvalue weighted by molar-refractivity contribution is -0.137. The highest BCUT2D eigenvalue weighted by Gasteiger charge is 2.49. The van der Waals surface area contributed by atoms with Gasteiger partial charge in [-0.25, -0.2) is 0 Å². The maximum atomic E-state index is 13.1. The molecule has 3 atom stereocenters. The largest absolute Gasteiger partial charge is 0.482 e. The van der Waals surface area contributed by atoms with Crippen molar-refractivity contribution in [2.75, 3.05) is 23.4 Å². The van der Waals surface area contributed by atoms with Gasteiger partial charge >= 0.3 is 0 Å². The van der Waals surface area contributed by atoms with Crippen molar-refractivity contribution < 1.29 is 29.3 Å². The number of benzene rings is 3. The molecular formula is C32H31N3O6. The van der Waals surface area contributed by atoms with E-state index in [0.29, 0.717) is 41.3 Å². The quantitative estimate of drug-likeness (QED) is 0.403. The summed E-state index contributed by atoms with van der Waals surface area (Å²) >= 11 is 0. The predicted octanol–water partition coefficient (Wildman–Crippen LogP) is 3.41. The number of aliphatic hydroxyl groups is 2. The van der Waals surface area contributed by atoms with E-state index in [1.54, 1.807) is 54.3 Å². The third-order valence-electron chi connectivity index (χ3n) is 8.24. The fourth-order valence-corrected chi connectivity index (χ4v) is 5.95. The molecule has 3 aliphatic rings. The number of rotatable bonds is 6. The number of nitrogens with zero attached hydrogens (tertiary/aromatic N) is 2. The van der Waals surface area contributed by atoms with Crippen LogP contribution in [0.25, 0.3) is 0 Å². The molecule has 0 aliphatic carbocycles. The van der Waals surface area contributed by atoms with E-state index >= 15 is 0 Å². The van der Waals surface area contributed by atoms with Gasteiger partial charge < -0.3 is 25.2 Å². The summed E-state index contributed by atoms with van der Waals surface area (Å²) < 4.78 is 5.55. The molecule has 0 bridgehead atoms. The van der Waals surface area contributed by atoms with Gasteiger partial charge in [-0.05, 0) is 47.9 Å². The monoisotopic (exact) mass is 553 g/mol. The molecule has 3 aromatic rings. The van der Waals surface area contributed by atoms with E-state index in [1.165, 1.54) is 4.90 Å². The standard InChI is InChI=1S/C32H31N3O6/c1-20(7-6-12-29(37)34-17-22-9-3-2-8-21(22)15-24(34)18-36)32(40)25-16-23(13-14-26(25)33-31(32)39)35-27-10-4-5-11-28(27)41-19-30(35)38/h2-11,13-14,16,20,24,36,40H,12,15,17-19H2,1H3,(H,33,39)/b7-6+/t20-,24-,32+/m0/s1. The summed E-state index contributed by atoms with van der Waals surface area (Å²) in [5, 5.41) is 24.4. The first kappa shape index (κ1) is 26.7. The Morgan fingerprint density at radius 3 is 2.68 bits per heavy atom. The zero-order valence-corrected chi connectivity index (χ0v) is 22.6. The molecule has 0 spiro atoms. The summed E-state index contributed by atoms with van der Waals surface area (Å²) in [6.07, 6.45) is 3.98. The Labute approximate surface area is 237 Å². The van der Waals surface area contributed by atoms with Crippen LogP contribution < -0.4 is 15.0 Å². The highest BCUT2D eigenvalue weighted by Crippen LogP contribution is 2.45. The molecule has 3 N–H and O–H groups in total. The number of hydrogen-bond acceptors (Lipinski definition) is 6. The zero-order chi connectivity index (χ0) is 28.7. The fourth-order valence-electron chi connectivity index (χ4n) is 5.95. The molecule has 0 radical (unpaired) electrons. The molecule has 0 saturated carbocycles. The van der Waals surface area contributed by atoms with Crippen molar-refractivity contribution in [3.63, 3.8) is 0 Å². The SMILES string of the molecule is C[C@@H](/C=C/CC(=O)N1Cc2ccccc2C[C@H]1CO)[C@]1(O)C(=O)Nc2ccc(N3C(=O)COc4ccccc43)cc21. The van der Waals surface area contributed by atoms with Crippen molar-refractivity contribution in [1.29, 1.82) is 0 Å². The molecule has 0 fully saturated rings. The van der Waals surface area contributed by atoms with Crippen LogP contribution in [0.1, 0.15) is 30.0 Å².